The van der Waals surface area contributed by atoms with Crippen molar-refractivity contribution in [2.24, 2.45) is 0 Å². The second-order valence-corrected chi connectivity index (χ2v) is 6.06. The summed E-state index contributed by atoms with van der Waals surface area (Å²) >= 11 is 1.45. The second-order valence-electron chi connectivity index (χ2n) is 5.17. The lowest BCUT2D eigenvalue weighted by atomic mass is 10.2. The van der Waals surface area contributed by atoms with E-state index in [1.54, 1.807) is 42.1 Å². The first-order chi connectivity index (χ1) is 11.6. The van der Waals surface area contributed by atoms with Gasteiger partial charge in [0.05, 0.1) is 5.39 Å². The zero-order valence-corrected chi connectivity index (χ0v) is 13.9. The minimum absolute atomic E-state index is 0.0705. The number of thiophene rings is 1. The zero-order valence-electron chi connectivity index (χ0n) is 13.1. The maximum Gasteiger partial charge on any atom is 0.262 e. The van der Waals surface area contributed by atoms with Crippen molar-refractivity contribution >= 4 is 33.5 Å². The molecular weight excluding hydrogens is 324 g/mol. The highest BCUT2D eigenvalue weighted by Crippen LogP contribution is 2.14. The number of fused-ring (bicyclic) bond motifs is 1. The van der Waals surface area contributed by atoms with E-state index in [2.05, 4.69) is 15.3 Å². The highest BCUT2D eigenvalue weighted by Gasteiger charge is 2.08. The average Bonchev–Trinajstić information content (AvgIpc) is 3.05. The van der Waals surface area contributed by atoms with Crippen molar-refractivity contribution in [3.8, 4) is 0 Å². The van der Waals surface area contributed by atoms with Crippen LogP contribution in [-0.2, 0) is 11.3 Å². The van der Waals surface area contributed by atoms with Crippen LogP contribution in [0.5, 0.6) is 0 Å². The summed E-state index contributed by atoms with van der Waals surface area (Å²) in [6.45, 7) is 2.54. The van der Waals surface area contributed by atoms with Gasteiger partial charge in [0.15, 0.2) is 0 Å². The lowest BCUT2D eigenvalue weighted by Crippen LogP contribution is -2.31. The Morgan fingerprint density at radius 2 is 2.29 bits per heavy atom. The van der Waals surface area contributed by atoms with E-state index in [9.17, 15) is 9.59 Å². The summed E-state index contributed by atoms with van der Waals surface area (Å²) in [7, 11) is 0. The Kier molecular flexibility index (Phi) is 4.81. The number of carbonyl (C=O) groups excluding carboxylic acids is 1. The van der Waals surface area contributed by atoms with Crippen molar-refractivity contribution in [3.05, 3.63) is 63.8 Å². The molecule has 0 bridgehead atoms. The summed E-state index contributed by atoms with van der Waals surface area (Å²) in [6, 6.07) is 5.45. The summed E-state index contributed by atoms with van der Waals surface area (Å²) in [6.07, 6.45) is 6.50. The number of nitrogens with one attached hydrogen (secondary N) is 1. The van der Waals surface area contributed by atoms with Crippen LogP contribution in [-0.4, -0.2) is 27.0 Å². The van der Waals surface area contributed by atoms with Gasteiger partial charge in [-0.2, -0.15) is 0 Å². The molecule has 3 aromatic heterocycles. The lowest BCUT2D eigenvalue weighted by molar-refractivity contribution is -0.116. The van der Waals surface area contributed by atoms with Crippen LogP contribution in [0.1, 0.15) is 11.4 Å². The quantitative estimate of drug-likeness (QED) is 0.721. The average molecular weight is 340 g/mol. The summed E-state index contributed by atoms with van der Waals surface area (Å²) in [5.74, 6) is 0.434. The molecule has 1 amide bonds. The van der Waals surface area contributed by atoms with Gasteiger partial charge in [-0.3, -0.25) is 19.1 Å². The van der Waals surface area contributed by atoms with Crippen LogP contribution in [0.2, 0.25) is 0 Å². The Balaban J connectivity index is 1.61. The minimum atomic E-state index is -0.214. The molecule has 1 N–H and O–H groups in total. The molecule has 3 rings (SSSR count). The largest absolute Gasteiger partial charge is 0.351 e. The van der Waals surface area contributed by atoms with Crippen LogP contribution < -0.4 is 10.9 Å². The third-order valence-electron chi connectivity index (χ3n) is 3.52. The number of rotatable bonds is 5. The Hall–Kier alpha value is -2.80. The third-order valence-corrected chi connectivity index (χ3v) is 4.33. The summed E-state index contributed by atoms with van der Waals surface area (Å²) in [4.78, 5) is 33.4. The molecule has 0 aromatic carbocycles. The number of aryl methyl sites for hydroxylation is 1. The van der Waals surface area contributed by atoms with E-state index in [0.717, 1.165) is 10.4 Å². The second kappa shape index (κ2) is 7.18. The number of aromatic nitrogens is 3. The maximum absolute atomic E-state index is 12.4. The number of pyridine rings is 1. The highest BCUT2D eigenvalue weighted by molar-refractivity contribution is 7.16. The molecule has 0 saturated heterocycles. The van der Waals surface area contributed by atoms with Gasteiger partial charge in [-0.25, -0.2) is 4.98 Å². The smallest absolute Gasteiger partial charge is 0.262 e. The molecule has 0 atom stereocenters. The van der Waals surface area contributed by atoms with Crippen molar-refractivity contribution in [2.75, 3.05) is 6.54 Å². The van der Waals surface area contributed by atoms with Crippen LogP contribution in [0.15, 0.2) is 46.8 Å². The first-order valence-corrected chi connectivity index (χ1v) is 8.34. The van der Waals surface area contributed by atoms with Gasteiger partial charge >= 0.3 is 0 Å². The van der Waals surface area contributed by atoms with Crippen LogP contribution >= 0.6 is 11.3 Å². The van der Waals surface area contributed by atoms with Gasteiger partial charge in [-0.05, 0) is 36.1 Å². The van der Waals surface area contributed by atoms with Crippen LogP contribution in [0, 0.1) is 6.92 Å². The molecule has 24 heavy (non-hydrogen) atoms. The van der Waals surface area contributed by atoms with Crippen molar-refractivity contribution in [2.45, 2.75) is 13.5 Å². The minimum Gasteiger partial charge on any atom is -0.351 e. The summed E-state index contributed by atoms with van der Waals surface area (Å²) in [5, 5.41) is 5.24. The summed E-state index contributed by atoms with van der Waals surface area (Å²) < 4.78 is 1.58. The Labute approximate surface area is 142 Å². The van der Waals surface area contributed by atoms with Gasteiger partial charge in [0.25, 0.3) is 5.56 Å². The van der Waals surface area contributed by atoms with Gasteiger partial charge in [0.1, 0.15) is 10.7 Å². The zero-order chi connectivity index (χ0) is 16.9. The SMILES string of the molecule is Cc1nc2sccc2c(=O)n1CCNC(=O)C=Cc1cccnc1. The normalized spacial score (nSPS) is 11.2. The van der Waals surface area contributed by atoms with Gasteiger partial charge < -0.3 is 5.32 Å². The van der Waals surface area contributed by atoms with Crippen molar-refractivity contribution < 1.29 is 4.79 Å². The molecule has 0 aliphatic rings. The molecule has 6 nitrogen and oxygen atoms in total. The number of nitrogens with zero attached hydrogens (tertiary/aromatic N) is 3. The van der Waals surface area contributed by atoms with Gasteiger partial charge in [0, 0.05) is 31.6 Å². The van der Waals surface area contributed by atoms with Gasteiger partial charge in [0.2, 0.25) is 5.91 Å². The van der Waals surface area contributed by atoms with E-state index in [-0.39, 0.29) is 11.5 Å². The fourth-order valence-electron chi connectivity index (χ4n) is 2.31. The van der Waals surface area contributed by atoms with Crippen LogP contribution in [0.25, 0.3) is 16.3 Å². The van der Waals surface area contributed by atoms with Gasteiger partial charge in [-0.1, -0.05) is 6.07 Å². The fourth-order valence-corrected chi connectivity index (χ4v) is 3.11. The van der Waals surface area contributed by atoms with Crippen molar-refractivity contribution in [1.29, 1.82) is 0 Å². The number of hydrogen-bond acceptors (Lipinski definition) is 5. The summed E-state index contributed by atoms with van der Waals surface area (Å²) in [5.41, 5.74) is 0.783. The molecule has 0 saturated carbocycles. The molecular formula is C17H16N4O2S. The van der Waals surface area contributed by atoms with E-state index in [1.807, 2.05) is 11.4 Å². The van der Waals surface area contributed by atoms with E-state index >= 15 is 0 Å². The number of carbonyl (C=O) groups is 1. The molecule has 0 spiro atoms. The van der Waals surface area contributed by atoms with Crippen LogP contribution in [0.4, 0.5) is 0 Å². The third kappa shape index (κ3) is 3.57. The van der Waals surface area contributed by atoms with E-state index in [0.29, 0.717) is 24.3 Å². The number of hydrogen-bond donors (Lipinski definition) is 1. The van der Waals surface area contributed by atoms with E-state index in [4.69, 9.17) is 0 Å². The molecule has 0 aliphatic heterocycles. The van der Waals surface area contributed by atoms with E-state index in [1.165, 1.54) is 17.4 Å². The molecule has 3 aromatic rings. The van der Waals surface area contributed by atoms with E-state index < -0.39 is 0 Å². The Morgan fingerprint density at radius 3 is 3.08 bits per heavy atom. The Morgan fingerprint density at radius 1 is 1.42 bits per heavy atom. The van der Waals surface area contributed by atoms with Crippen molar-refractivity contribution in [3.63, 3.8) is 0 Å². The lowest BCUT2D eigenvalue weighted by Gasteiger charge is -2.09. The molecule has 0 unspecified atom stereocenters. The first-order valence-electron chi connectivity index (χ1n) is 7.46. The topological polar surface area (TPSA) is 76.9 Å². The van der Waals surface area contributed by atoms with Crippen LogP contribution in [0.3, 0.4) is 0 Å². The highest BCUT2D eigenvalue weighted by atomic mass is 32.1. The maximum atomic E-state index is 12.4. The van der Waals surface area contributed by atoms with Crippen molar-refractivity contribution in [1.82, 2.24) is 19.9 Å². The molecule has 0 aliphatic carbocycles. The standard InChI is InChI=1S/C17H16N4O2S/c1-12-20-16-14(6-10-24-16)17(23)21(12)9-8-19-15(22)5-4-13-3-2-7-18-11-13/h2-7,10-11H,8-9H2,1H3,(H,19,22). The predicted octanol–water partition coefficient (Wildman–Crippen LogP) is 1.99. The molecule has 0 fully saturated rings. The molecule has 0 radical (unpaired) electrons. The Bertz CT molecular complexity index is 944. The first kappa shape index (κ1) is 16.1. The molecule has 3 heterocycles. The fraction of sp³-hybridized carbons (Fsp3) is 0.176. The number of amides is 1. The molecule has 7 heteroatoms. The molecule has 122 valence electrons. The van der Waals surface area contributed by atoms with Gasteiger partial charge in [-0.15, -0.1) is 11.3 Å². The monoisotopic (exact) mass is 340 g/mol. The predicted molar refractivity (Wildman–Crippen MR) is 94.9 cm³/mol.